The molecule has 4 rings (SSSR count). The zero-order valence-electron chi connectivity index (χ0n) is 8.39. The molecule has 0 unspecified atom stereocenters. The number of benzene rings is 1. The second kappa shape index (κ2) is 2.91. The van der Waals surface area contributed by atoms with Gasteiger partial charge in [-0.05, 0) is 48.8 Å². The second-order valence-corrected chi connectivity index (χ2v) is 6.08. The minimum Gasteiger partial charge on any atom is -0.325 e. The van der Waals surface area contributed by atoms with Crippen molar-refractivity contribution in [1.82, 2.24) is 0 Å². The zero-order chi connectivity index (χ0) is 10.7. The molecule has 0 atom stereocenters. The van der Waals surface area contributed by atoms with E-state index in [1.54, 1.807) is 0 Å². The van der Waals surface area contributed by atoms with Crippen LogP contribution in [-0.2, 0) is 6.42 Å². The lowest BCUT2D eigenvalue weighted by Crippen LogP contribution is -2.72. The molecule has 3 aliphatic carbocycles. The Morgan fingerprint density at radius 2 is 1.67 bits per heavy atom. The zero-order valence-corrected chi connectivity index (χ0v) is 9.91. The highest BCUT2D eigenvalue weighted by Gasteiger charge is 2.65. The molecule has 0 amide bonds. The Balaban J connectivity index is 1.84. The molecule has 1 aromatic carbocycles. The fourth-order valence-electron chi connectivity index (χ4n) is 3.35. The first-order valence-corrected chi connectivity index (χ1v) is 6.00. The topological polar surface area (TPSA) is 26.0 Å². The van der Waals surface area contributed by atoms with Gasteiger partial charge in [-0.25, -0.2) is 0 Å². The lowest BCUT2D eigenvalue weighted by Gasteiger charge is -2.69. The molecule has 3 heteroatoms. The van der Waals surface area contributed by atoms with Gasteiger partial charge in [0.15, 0.2) is 0 Å². The molecule has 1 aromatic rings. The molecule has 2 bridgehead atoms. The minimum atomic E-state index is 0.160. The van der Waals surface area contributed by atoms with Crippen LogP contribution in [0.2, 0.25) is 10.0 Å². The summed E-state index contributed by atoms with van der Waals surface area (Å²) in [5, 5.41) is 1.58. The Bertz CT molecular complexity index is 388. The number of hydrogen-bond donors (Lipinski definition) is 1. The molecule has 3 aliphatic rings. The van der Waals surface area contributed by atoms with Gasteiger partial charge in [-0.2, -0.15) is 0 Å². The summed E-state index contributed by atoms with van der Waals surface area (Å²) in [4.78, 5) is 0. The monoisotopic (exact) mass is 241 g/mol. The van der Waals surface area contributed by atoms with E-state index in [2.05, 4.69) is 0 Å². The Morgan fingerprint density at radius 3 is 2.13 bits per heavy atom. The highest BCUT2D eigenvalue weighted by molar-refractivity contribution is 6.36. The lowest BCUT2D eigenvalue weighted by molar-refractivity contribution is -0.130. The van der Waals surface area contributed by atoms with Crippen LogP contribution in [0.25, 0.3) is 0 Å². The number of rotatable bonds is 2. The number of nitrogens with two attached hydrogens (primary N) is 1. The molecule has 0 radical (unpaired) electrons. The quantitative estimate of drug-likeness (QED) is 0.844. The summed E-state index contributed by atoms with van der Waals surface area (Å²) in [6.45, 7) is 0. The molecule has 2 N–H and O–H groups in total. The molecule has 3 saturated carbocycles. The van der Waals surface area contributed by atoms with Crippen LogP contribution in [0.3, 0.4) is 0 Å². The summed E-state index contributed by atoms with van der Waals surface area (Å²) >= 11 is 12.3. The summed E-state index contributed by atoms with van der Waals surface area (Å²) < 4.78 is 0. The third-order valence-corrected chi connectivity index (χ3v) is 4.50. The van der Waals surface area contributed by atoms with Crippen molar-refractivity contribution in [2.45, 2.75) is 31.2 Å². The first-order valence-electron chi connectivity index (χ1n) is 5.24. The summed E-state index contributed by atoms with van der Waals surface area (Å²) in [7, 11) is 0. The largest absolute Gasteiger partial charge is 0.325 e. The van der Waals surface area contributed by atoms with Crippen LogP contribution in [0.5, 0.6) is 0 Å². The predicted octanol–water partition coefficient (Wildman–Crippen LogP) is 3.42. The maximum Gasteiger partial charge on any atom is 0.0453 e. The van der Waals surface area contributed by atoms with Crippen LogP contribution in [0, 0.1) is 5.41 Å². The van der Waals surface area contributed by atoms with Gasteiger partial charge in [0.25, 0.3) is 0 Å². The van der Waals surface area contributed by atoms with Crippen LogP contribution in [0.15, 0.2) is 18.2 Å². The SMILES string of the molecule is NC12CC(Cc3c(Cl)cccc3Cl)(C1)C2. The number of hydrogen-bond acceptors (Lipinski definition) is 1. The predicted molar refractivity (Wildman–Crippen MR) is 63.4 cm³/mol. The fraction of sp³-hybridized carbons (Fsp3) is 0.500. The molecule has 0 saturated heterocycles. The smallest absolute Gasteiger partial charge is 0.0453 e. The van der Waals surface area contributed by atoms with Gasteiger partial charge in [0.2, 0.25) is 0 Å². The van der Waals surface area contributed by atoms with E-state index in [0.29, 0.717) is 5.41 Å². The van der Waals surface area contributed by atoms with Crippen molar-refractivity contribution in [1.29, 1.82) is 0 Å². The van der Waals surface area contributed by atoms with E-state index >= 15 is 0 Å². The molecule has 0 spiro atoms. The molecule has 15 heavy (non-hydrogen) atoms. The molecule has 0 aliphatic heterocycles. The van der Waals surface area contributed by atoms with Crippen LogP contribution >= 0.6 is 23.2 Å². The van der Waals surface area contributed by atoms with Gasteiger partial charge < -0.3 is 5.73 Å². The van der Waals surface area contributed by atoms with Crippen molar-refractivity contribution >= 4 is 23.2 Å². The Labute approximate surface area is 99.6 Å². The van der Waals surface area contributed by atoms with Gasteiger partial charge in [-0.15, -0.1) is 0 Å². The minimum absolute atomic E-state index is 0.160. The van der Waals surface area contributed by atoms with Gasteiger partial charge in [0.1, 0.15) is 0 Å². The lowest BCUT2D eigenvalue weighted by atomic mass is 9.38. The molecular weight excluding hydrogens is 229 g/mol. The third kappa shape index (κ3) is 1.41. The number of halogens is 2. The van der Waals surface area contributed by atoms with E-state index in [4.69, 9.17) is 28.9 Å². The van der Waals surface area contributed by atoms with Crippen LogP contribution in [-0.4, -0.2) is 5.54 Å². The first kappa shape index (κ1) is 9.95. The second-order valence-electron chi connectivity index (χ2n) is 5.27. The Hall–Kier alpha value is -0.240. The van der Waals surface area contributed by atoms with Crippen LogP contribution < -0.4 is 5.73 Å². The van der Waals surface area contributed by atoms with Gasteiger partial charge >= 0.3 is 0 Å². The van der Waals surface area contributed by atoms with Gasteiger partial charge in [-0.3, -0.25) is 0 Å². The van der Waals surface area contributed by atoms with Crippen LogP contribution in [0.1, 0.15) is 24.8 Å². The van der Waals surface area contributed by atoms with Crippen molar-refractivity contribution < 1.29 is 0 Å². The normalized spacial score (nSPS) is 37.0. The van der Waals surface area contributed by atoms with Gasteiger partial charge in [-0.1, -0.05) is 29.3 Å². The first-order chi connectivity index (χ1) is 7.02. The van der Waals surface area contributed by atoms with E-state index in [1.165, 1.54) is 0 Å². The molecular formula is C12H13Cl2N. The van der Waals surface area contributed by atoms with Crippen molar-refractivity contribution in [3.63, 3.8) is 0 Å². The van der Waals surface area contributed by atoms with E-state index < -0.39 is 0 Å². The van der Waals surface area contributed by atoms with E-state index in [1.807, 2.05) is 18.2 Å². The van der Waals surface area contributed by atoms with Crippen LogP contribution in [0.4, 0.5) is 0 Å². The standard InChI is InChI=1S/C12H13Cl2N/c13-9-2-1-3-10(14)8(9)4-11-5-12(15,6-11)7-11/h1-3H,4-7,15H2. The summed E-state index contributed by atoms with van der Waals surface area (Å²) in [5.74, 6) is 0. The molecule has 0 heterocycles. The van der Waals surface area contributed by atoms with E-state index in [9.17, 15) is 0 Å². The third-order valence-electron chi connectivity index (χ3n) is 3.79. The average molecular weight is 242 g/mol. The van der Waals surface area contributed by atoms with Gasteiger partial charge in [0, 0.05) is 15.6 Å². The summed E-state index contributed by atoms with van der Waals surface area (Å²) in [6, 6.07) is 5.71. The highest BCUT2D eigenvalue weighted by atomic mass is 35.5. The maximum absolute atomic E-state index is 6.15. The van der Waals surface area contributed by atoms with Crippen molar-refractivity contribution in [3.05, 3.63) is 33.8 Å². The summed E-state index contributed by atoms with van der Waals surface area (Å²) in [6.07, 6.45) is 4.41. The van der Waals surface area contributed by atoms with Crippen molar-refractivity contribution in [3.8, 4) is 0 Å². The van der Waals surface area contributed by atoms with Crippen molar-refractivity contribution in [2.24, 2.45) is 11.1 Å². The highest BCUT2D eigenvalue weighted by Crippen LogP contribution is 2.67. The molecule has 3 fully saturated rings. The van der Waals surface area contributed by atoms with Crippen molar-refractivity contribution in [2.75, 3.05) is 0 Å². The molecule has 1 nitrogen and oxygen atoms in total. The Morgan fingerprint density at radius 1 is 1.13 bits per heavy atom. The Kier molecular flexibility index (Phi) is 1.93. The molecule has 80 valence electrons. The average Bonchev–Trinajstić information content (AvgIpc) is 2.06. The summed E-state index contributed by atoms with van der Waals surface area (Å²) in [5.41, 5.74) is 7.72. The van der Waals surface area contributed by atoms with E-state index in [0.717, 1.165) is 41.3 Å². The van der Waals surface area contributed by atoms with E-state index in [-0.39, 0.29) is 5.54 Å². The molecule has 0 aromatic heterocycles. The fourth-order valence-corrected chi connectivity index (χ4v) is 3.88. The van der Waals surface area contributed by atoms with Gasteiger partial charge in [0.05, 0.1) is 0 Å². The maximum atomic E-state index is 6.15.